The number of carboxylic acid groups (broad SMARTS) is 1. The van der Waals surface area contributed by atoms with E-state index in [4.69, 9.17) is 14.5 Å². The molecule has 0 aliphatic carbocycles. The summed E-state index contributed by atoms with van der Waals surface area (Å²) < 4.78 is 27.4. The minimum atomic E-state index is -1.28. The Balaban J connectivity index is 1.88. The van der Waals surface area contributed by atoms with Crippen molar-refractivity contribution in [1.29, 1.82) is 0 Å². The first-order chi connectivity index (χ1) is 22.6. The zero-order valence-electron chi connectivity index (χ0n) is 29.2. The first-order valence-electron chi connectivity index (χ1n) is 16.3. The van der Waals surface area contributed by atoms with Crippen molar-refractivity contribution in [2.45, 2.75) is 92.3 Å². The number of alkyl carbamates (subject to hydrolysis) is 1. The van der Waals surface area contributed by atoms with Crippen LogP contribution in [0.3, 0.4) is 0 Å². The monoisotopic (exact) mass is 661 g/mol. The van der Waals surface area contributed by atoms with Gasteiger partial charge in [-0.05, 0) is 105 Å². The Morgan fingerprint density at radius 2 is 1.75 bits per heavy atom. The molecule has 2 atom stereocenters. The maximum absolute atomic E-state index is 14.2. The predicted octanol–water partition coefficient (Wildman–Crippen LogP) is 7.65. The molecule has 0 fully saturated rings. The van der Waals surface area contributed by atoms with Crippen LogP contribution in [0.15, 0.2) is 54.7 Å². The molecule has 258 valence electrons. The highest BCUT2D eigenvalue weighted by molar-refractivity contribution is 5.95. The number of ether oxygens (including phenoxy) is 2. The molecule has 4 rings (SSSR count). The Bertz CT molecular complexity index is 1770. The van der Waals surface area contributed by atoms with Gasteiger partial charge in [0.2, 0.25) is 0 Å². The van der Waals surface area contributed by atoms with Crippen LogP contribution in [0.1, 0.15) is 77.0 Å². The van der Waals surface area contributed by atoms with E-state index in [2.05, 4.69) is 35.0 Å². The lowest BCUT2D eigenvalue weighted by molar-refractivity contribution is -0.139. The molecule has 0 unspecified atom stereocenters. The molecule has 10 heteroatoms. The van der Waals surface area contributed by atoms with Crippen LogP contribution in [-0.2, 0) is 40.3 Å². The number of carbonyl (C=O) groups is 2. The molecule has 1 amide bonds. The summed E-state index contributed by atoms with van der Waals surface area (Å²) in [5, 5.41) is 23.6. The summed E-state index contributed by atoms with van der Waals surface area (Å²) >= 11 is 0. The van der Waals surface area contributed by atoms with Crippen LogP contribution < -0.4 is 5.32 Å². The van der Waals surface area contributed by atoms with Crippen LogP contribution in [0, 0.1) is 5.41 Å². The molecule has 9 nitrogen and oxygen atoms in total. The number of aliphatic hydroxyl groups excluding tert-OH is 1. The third-order valence-electron chi connectivity index (χ3n) is 8.37. The largest absolute Gasteiger partial charge is 0.480 e. The second kappa shape index (κ2) is 14.9. The number of hydrogen-bond acceptors (Lipinski definition) is 6. The maximum Gasteiger partial charge on any atom is 0.408 e. The van der Waals surface area contributed by atoms with Crippen molar-refractivity contribution in [3.05, 3.63) is 77.1 Å². The number of aryl methyl sites for hydroxylation is 1. The normalized spacial score (nSPS) is 13.4. The van der Waals surface area contributed by atoms with Gasteiger partial charge in [0.15, 0.2) is 0 Å². The molecule has 3 N–H and O–H groups in total. The van der Waals surface area contributed by atoms with Crippen molar-refractivity contribution in [3.8, 4) is 22.4 Å². The standard InChI is InChI=1S/C38H48FN3O6/c1-9-42-32-13-12-26(27-16-24(15-25(17-27)21-39)18-31(35(44)45)41-36(46)48-37(3,4)5)19-29(32)30(20-38(6,7)22-43)34(42)28-11-10-14-40-33(28)23(2)47-8/h10-17,19,23,31,43H,9,18,20-22H2,1-8H3,(H,41,46)(H,44,45)/t23-,31-/m0/s1. The third-order valence-corrected chi connectivity index (χ3v) is 8.37. The number of benzene rings is 2. The molecule has 0 saturated heterocycles. The molecule has 0 spiro atoms. The molecule has 4 aromatic rings. The van der Waals surface area contributed by atoms with Crippen LogP contribution in [0.2, 0.25) is 0 Å². The lowest BCUT2D eigenvalue weighted by Gasteiger charge is -2.23. The second-order valence-electron chi connectivity index (χ2n) is 14.0. The zero-order chi connectivity index (χ0) is 35.4. The number of alkyl halides is 1. The van der Waals surface area contributed by atoms with Gasteiger partial charge in [-0.1, -0.05) is 32.0 Å². The summed E-state index contributed by atoms with van der Waals surface area (Å²) in [5.41, 5.74) is 6.11. The fraction of sp³-hybridized carbons (Fsp3) is 0.447. The number of aliphatic hydroxyl groups is 1. The van der Waals surface area contributed by atoms with Crippen LogP contribution >= 0.6 is 0 Å². The molecular weight excluding hydrogens is 613 g/mol. The summed E-state index contributed by atoms with van der Waals surface area (Å²) in [6, 6.07) is 14.0. The Hall–Kier alpha value is -4.28. The predicted molar refractivity (Wildman–Crippen MR) is 186 cm³/mol. The number of rotatable bonds is 13. The lowest BCUT2D eigenvalue weighted by atomic mass is 9.84. The summed E-state index contributed by atoms with van der Waals surface area (Å²) in [4.78, 5) is 29.2. The van der Waals surface area contributed by atoms with E-state index < -0.39 is 35.8 Å². The highest BCUT2D eigenvalue weighted by Crippen LogP contribution is 2.41. The summed E-state index contributed by atoms with van der Waals surface area (Å²) in [7, 11) is 1.66. The highest BCUT2D eigenvalue weighted by atomic mass is 19.1. The smallest absolute Gasteiger partial charge is 0.408 e. The summed E-state index contributed by atoms with van der Waals surface area (Å²) in [5.74, 6) is -1.23. The van der Waals surface area contributed by atoms with E-state index in [0.29, 0.717) is 24.1 Å². The molecule has 48 heavy (non-hydrogen) atoms. The minimum Gasteiger partial charge on any atom is -0.480 e. The molecule has 2 aromatic heterocycles. The Labute approximate surface area is 282 Å². The van der Waals surface area contributed by atoms with E-state index in [-0.39, 0.29) is 19.1 Å². The number of nitrogens with zero attached hydrogens (tertiary/aromatic N) is 2. The average Bonchev–Trinajstić information content (AvgIpc) is 3.34. The molecule has 2 aromatic carbocycles. The Morgan fingerprint density at radius 3 is 2.35 bits per heavy atom. The average molecular weight is 662 g/mol. The number of carboxylic acids is 1. The topological polar surface area (TPSA) is 123 Å². The van der Waals surface area contributed by atoms with Gasteiger partial charge >= 0.3 is 12.1 Å². The number of fused-ring (bicyclic) bond motifs is 1. The maximum atomic E-state index is 14.2. The second-order valence-corrected chi connectivity index (χ2v) is 14.0. The fourth-order valence-corrected chi connectivity index (χ4v) is 6.02. The highest BCUT2D eigenvalue weighted by Gasteiger charge is 2.28. The molecule has 0 bridgehead atoms. The quantitative estimate of drug-likeness (QED) is 0.135. The summed E-state index contributed by atoms with van der Waals surface area (Å²) in [6.45, 7) is 13.1. The fourth-order valence-electron chi connectivity index (χ4n) is 6.02. The van der Waals surface area contributed by atoms with Crippen LogP contribution in [0.25, 0.3) is 33.3 Å². The number of methoxy groups -OCH3 is 1. The number of aliphatic carboxylic acids is 1. The number of aromatic nitrogens is 2. The number of nitrogens with one attached hydrogen (secondary N) is 1. The lowest BCUT2D eigenvalue weighted by Crippen LogP contribution is -2.44. The molecule has 0 aliphatic rings. The van der Waals surface area contributed by atoms with Gasteiger partial charge in [0.05, 0.1) is 17.5 Å². The van der Waals surface area contributed by atoms with Gasteiger partial charge in [0.25, 0.3) is 0 Å². The first kappa shape index (κ1) is 36.6. The zero-order valence-corrected chi connectivity index (χ0v) is 29.2. The van der Waals surface area contributed by atoms with Crippen molar-refractivity contribution >= 4 is 23.0 Å². The van der Waals surface area contributed by atoms with Gasteiger partial charge in [-0.3, -0.25) is 4.98 Å². The van der Waals surface area contributed by atoms with E-state index >= 15 is 0 Å². The Kier molecular flexibility index (Phi) is 11.3. The van der Waals surface area contributed by atoms with Gasteiger partial charge in [0.1, 0.15) is 18.3 Å². The number of carbonyl (C=O) groups excluding carboxylic acids is 1. The number of halogens is 1. The summed E-state index contributed by atoms with van der Waals surface area (Å²) in [6.07, 6.45) is 1.18. The molecule has 2 heterocycles. The molecule has 0 radical (unpaired) electrons. The van der Waals surface area contributed by atoms with E-state index in [9.17, 15) is 24.2 Å². The van der Waals surface area contributed by atoms with Gasteiger partial charge in [-0.15, -0.1) is 0 Å². The van der Waals surface area contributed by atoms with Gasteiger partial charge in [-0.2, -0.15) is 0 Å². The van der Waals surface area contributed by atoms with E-state index in [1.807, 2.05) is 39.0 Å². The molecule has 0 aliphatic heterocycles. The molecule has 0 saturated carbocycles. The van der Waals surface area contributed by atoms with Gasteiger partial charge in [0, 0.05) is 49.3 Å². The minimum absolute atomic E-state index is 0.0106. The van der Waals surface area contributed by atoms with Crippen molar-refractivity contribution in [3.63, 3.8) is 0 Å². The molecular formula is C38H48FN3O6. The van der Waals surface area contributed by atoms with Crippen molar-refractivity contribution in [1.82, 2.24) is 14.9 Å². The SMILES string of the molecule is CCn1c(-c2cccnc2[C@H](C)OC)c(CC(C)(C)CO)c2cc(-c3cc(CF)cc(C[C@H](NC(=O)OC(C)(C)C)C(=O)O)c3)ccc21. The number of hydrogen-bond donors (Lipinski definition) is 3. The van der Waals surface area contributed by atoms with E-state index in [0.717, 1.165) is 44.5 Å². The van der Waals surface area contributed by atoms with Crippen LogP contribution in [0.5, 0.6) is 0 Å². The Morgan fingerprint density at radius 1 is 1.04 bits per heavy atom. The third kappa shape index (κ3) is 8.41. The first-order valence-corrected chi connectivity index (χ1v) is 16.3. The van der Waals surface area contributed by atoms with E-state index in [1.165, 1.54) is 0 Å². The van der Waals surface area contributed by atoms with Crippen LogP contribution in [-0.4, -0.2) is 57.2 Å². The van der Waals surface area contributed by atoms with E-state index in [1.54, 1.807) is 46.2 Å². The van der Waals surface area contributed by atoms with Gasteiger partial charge in [-0.25, -0.2) is 14.0 Å². The number of pyridine rings is 1. The van der Waals surface area contributed by atoms with Gasteiger partial charge < -0.3 is 29.6 Å². The van der Waals surface area contributed by atoms with Crippen LogP contribution in [0.4, 0.5) is 9.18 Å². The van der Waals surface area contributed by atoms with Crippen molar-refractivity contribution < 1.29 is 33.7 Å². The van der Waals surface area contributed by atoms with Crippen molar-refractivity contribution in [2.75, 3.05) is 13.7 Å². The number of amides is 1. The van der Waals surface area contributed by atoms with Crippen molar-refractivity contribution in [2.24, 2.45) is 5.41 Å².